The summed E-state index contributed by atoms with van der Waals surface area (Å²) in [5.41, 5.74) is 2.80. The van der Waals surface area contributed by atoms with Gasteiger partial charge in [-0.15, -0.1) is 24.8 Å². The third kappa shape index (κ3) is 4.47. The van der Waals surface area contributed by atoms with Crippen LogP contribution >= 0.6 is 24.8 Å². The van der Waals surface area contributed by atoms with E-state index in [4.69, 9.17) is 0 Å². The molecule has 0 aromatic heterocycles. The monoisotopic (exact) mass is 276 g/mol. The first-order chi connectivity index (χ1) is 7.27. The number of halogens is 2. The highest BCUT2D eigenvalue weighted by Crippen LogP contribution is 2.20. The van der Waals surface area contributed by atoms with Crippen molar-refractivity contribution in [1.82, 2.24) is 10.2 Å². The Kier molecular flexibility index (Phi) is 7.80. The molecule has 0 amide bonds. The van der Waals surface area contributed by atoms with Crippen molar-refractivity contribution in [1.29, 1.82) is 0 Å². The largest absolute Gasteiger partial charge is 0.314 e. The van der Waals surface area contributed by atoms with Gasteiger partial charge in [0.25, 0.3) is 0 Å². The van der Waals surface area contributed by atoms with Gasteiger partial charge in [-0.2, -0.15) is 0 Å². The van der Waals surface area contributed by atoms with E-state index in [2.05, 4.69) is 48.3 Å². The van der Waals surface area contributed by atoms with Crippen molar-refractivity contribution in [2.45, 2.75) is 19.9 Å². The first kappa shape index (κ1) is 16.7. The molecule has 0 aliphatic carbocycles. The minimum absolute atomic E-state index is 0. The molecule has 0 saturated carbocycles. The first-order valence-corrected chi connectivity index (χ1v) is 5.79. The molecule has 1 saturated heterocycles. The maximum atomic E-state index is 3.39. The van der Waals surface area contributed by atoms with E-state index in [9.17, 15) is 0 Å². The lowest BCUT2D eigenvalue weighted by molar-refractivity contribution is 0.185. The summed E-state index contributed by atoms with van der Waals surface area (Å²) < 4.78 is 0. The number of hydrogen-bond acceptors (Lipinski definition) is 2. The standard InChI is InChI=1S/C13H20N2.2ClH/c1-11-4-3-5-13(10-11)12(2)15-8-6-14-7-9-15;;/h3-5,10,12,14H,6-9H2,1-2H3;2*1H. The molecule has 17 heavy (non-hydrogen) atoms. The van der Waals surface area contributed by atoms with E-state index in [1.54, 1.807) is 0 Å². The Hall–Kier alpha value is -0.280. The minimum Gasteiger partial charge on any atom is -0.314 e. The lowest BCUT2D eigenvalue weighted by atomic mass is 10.0. The van der Waals surface area contributed by atoms with Crippen LogP contribution in [0.1, 0.15) is 24.1 Å². The zero-order valence-electron chi connectivity index (χ0n) is 10.5. The van der Waals surface area contributed by atoms with Gasteiger partial charge in [0.05, 0.1) is 0 Å². The van der Waals surface area contributed by atoms with Crippen LogP contribution in [0, 0.1) is 6.92 Å². The molecule has 98 valence electrons. The van der Waals surface area contributed by atoms with Crippen LogP contribution in [0.25, 0.3) is 0 Å². The fraction of sp³-hybridized carbons (Fsp3) is 0.538. The van der Waals surface area contributed by atoms with E-state index in [0.29, 0.717) is 6.04 Å². The van der Waals surface area contributed by atoms with Gasteiger partial charge in [0.1, 0.15) is 0 Å². The topological polar surface area (TPSA) is 15.3 Å². The average Bonchev–Trinajstić information content (AvgIpc) is 2.29. The molecule has 2 rings (SSSR count). The summed E-state index contributed by atoms with van der Waals surface area (Å²) in [7, 11) is 0. The fourth-order valence-corrected chi connectivity index (χ4v) is 2.21. The molecular formula is C13H22Cl2N2. The summed E-state index contributed by atoms with van der Waals surface area (Å²) >= 11 is 0. The summed E-state index contributed by atoms with van der Waals surface area (Å²) in [5.74, 6) is 0. The normalized spacial score (nSPS) is 17.8. The van der Waals surface area contributed by atoms with Crippen LogP contribution in [0.5, 0.6) is 0 Å². The molecule has 1 N–H and O–H groups in total. The van der Waals surface area contributed by atoms with Crippen molar-refractivity contribution >= 4 is 24.8 Å². The Bertz CT molecular complexity index is 325. The first-order valence-electron chi connectivity index (χ1n) is 5.79. The van der Waals surface area contributed by atoms with Gasteiger partial charge >= 0.3 is 0 Å². The number of aryl methyl sites for hydroxylation is 1. The van der Waals surface area contributed by atoms with E-state index >= 15 is 0 Å². The van der Waals surface area contributed by atoms with Gasteiger partial charge in [0.2, 0.25) is 0 Å². The number of hydrogen-bond donors (Lipinski definition) is 1. The molecule has 1 aromatic carbocycles. The molecular weight excluding hydrogens is 255 g/mol. The Morgan fingerprint density at radius 3 is 2.41 bits per heavy atom. The lowest BCUT2D eigenvalue weighted by Crippen LogP contribution is -2.44. The minimum atomic E-state index is 0. The van der Waals surface area contributed by atoms with Crippen molar-refractivity contribution in [3.8, 4) is 0 Å². The zero-order chi connectivity index (χ0) is 10.7. The summed E-state index contributed by atoms with van der Waals surface area (Å²) in [6.07, 6.45) is 0. The molecule has 1 aromatic rings. The fourth-order valence-electron chi connectivity index (χ4n) is 2.21. The number of nitrogens with zero attached hydrogens (tertiary/aromatic N) is 1. The molecule has 1 aliphatic heterocycles. The number of benzene rings is 1. The maximum Gasteiger partial charge on any atom is 0.0321 e. The molecule has 0 bridgehead atoms. The molecule has 2 nitrogen and oxygen atoms in total. The maximum absolute atomic E-state index is 3.39. The van der Waals surface area contributed by atoms with Gasteiger partial charge in [0, 0.05) is 32.2 Å². The van der Waals surface area contributed by atoms with E-state index in [0.717, 1.165) is 26.2 Å². The van der Waals surface area contributed by atoms with Crippen molar-refractivity contribution in [2.75, 3.05) is 26.2 Å². The third-order valence-electron chi connectivity index (χ3n) is 3.22. The van der Waals surface area contributed by atoms with Crippen molar-refractivity contribution in [2.24, 2.45) is 0 Å². The van der Waals surface area contributed by atoms with E-state index in [1.165, 1.54) is 11.1 Å². The van der Waals surface area contributed by atoms with Crippen LogP contribution in [0.2, 0.25) is 0 Å². The Morgan fingerprint density at radius 1 is 1.18 bits per heavy atom. The average molecular weight is 277 g/mol. The van der Waals surface area contributed by atoms with Gasteiger partial charge in [-0.25, -0.2) is 0 Å². The molecule has 0 spiro atoms. The lowest BCUT2D eigenvalue weighted by Gasteiger charge is -2.33. The van der Waals surface area contributed by atoms with Crippen molar-refractivity contribution in [3.63, 3.8) is 0 Å². The van der Waals surface area contributed by atoms with Crippen molar-refractivity contribution < 1.29 is 0 Å². The van der Waals surface area contributed by atoms with Crippen LogP contribution in [0.4, 0.5) is 0 Å². The Balaban J connectivity index is 0.00000128. The van der Waals surface area contributed by atoms with E-state index < -0.39 is 0 Å². The van der Waals surface area contributed by atoms with Gasteiger partial charge in [0.15, 0.2) is 0 Å². The van der Waals surface area contributed by atoms with Gasteiger partial charge < -0.3 is 5.32 Å². The van der Waals surface area contributed by atoms with Crippen LogP contribution in [0.3, 0.4) is 0 Å². The number of nitrogens with one attached hydrogen (secondary N) is 1. The second-order valence-corrected chi connectivity index (χ2v) is 4.38. The third-order valence-corrected chi connectivity index (χ3v) is 3.22. The molecule has 1 fully saturated rings. The molecule has 1 unspecified atom stereocenters. The molecule has 4 heteroatoms. The quantitative estimate of drug-likeness (QED) is 0.894. The van der Waals surface area contributed by atoms with Gasteiger partial charge in [-0.3, -0.25) is 4.90 Å². The van der Waals surface area contributed by atoms with Crippen LogP contribution in [-0.2, 0) is 0 Å². The Labute approximate surface area is 117 Å². The highest BCUT2D eigenvalue weighted by atomic mass is 35.5. The van der Waals surface area contributed by atoms with Crippen molar-refractivity contribution in [3.05, 3.63) is 35.4 Å². The van der Waals surface area contributed by atoms with Gasteiger partial charge in [-0.05, 0) is 19.4 Å². The highest BCUT2D eigenvalue weighted by Gasteiger charge is 2.17. The molecule has 1 heterocycles. The SMILES string of the molecule is Cc1cccc(C(C)N2CCNCC2)c1.Cl.Cl. The van der Waals surface area contributed by atoms with E-state index in [1.807, 2.05) is 0 Å². The molecule has 1 atom stereocenters. The van der Waals surface area contributed by atoms with Crippen LogP contribution < -0.4 is 5.32 Å². The highest BCUT2D eigenvalue weighted by molar-refractivity contribution is 5.85. The Morgan fingerprint density at radius 2 is 1.82 bits per heavy atom. The summed E-state index contributed by atoms with van der Waals surface area (Å²) in [5, 5.41) is 3.39. The smallest absolute Gasteiger partial charge is 0.0321 e. The summed E-state index contributed by atoms with van der Waals surface area (Å²) in [4.78, 5) is 2.55. The van der Waals surface area contributed by atoms with Crippen LogP contribution in [0.15, 0.2) is 24.3 Å². The summed E-state index contributed by atoms with van der Waals surface area (Å²) in [6.45, 7) is 9.03. The van der Waals surface area contributed by atoms with E-state index in [-0.39, 0.29) is 24.8 Å². The second-order valence-electron chi connectivity index (χ2n) is 4.38. The van der Waals surface area contributed by atoms with Gasteiger partial charge in [-0.1, -0.05) is 29.8 Å². The molecule has 1 aliphatic rings. The number of rotatable bonds is 2. The second kappa shape index (κ2) is 7.93. The predicted octanol–water partition coefficient (Wildman–Crippen LogP) is 2.80. The number of piperazine rings is 1. The summed E-state index contributed by atoms with van der Waals surface area (Å²) in [6, 6.07) is 9.40. The van der Waals surface area contributed by atoms with Crippen LogP contribution in [-0.4, -0.2) is 31.1 Å². The zero-order valence-corrected chi connectivity index (χ0v) is 12.1. The predicted molar refractivity (Wildman–Crippen MR) is 78.5 cm³/mol. The molecule has 0 radical (unpaired) electrons.